The fourth-order valence-corrected chi connectivity index (χ4v) is 4.29. The van der Waals surface area contributed by atoms with Crippen molar-refractivity contribution in [2.24, 2.45) is 0 Å². The third kappa shape index (κ3) is 7.35. The molecule has 38 heavy (non-hydrogen) atoms. The second-order valence-electron chi connectivity index (χ2n) is 7.86. The first-order valence-electron chi connectivity index (χ1n) is 11.0. The Kier molecular flexibility index (Phi) is 9.17. The first-order valence-corrected chi connectivity index (χ1v) is 12.4. The lowest BCUT2D eigenvalue weighted by molar-refractivity contribution is -0.136. The van der Waals surface area contributed by atoms with Crippen molar-refractivity contribution in [2.45, 2.75) is 17.6 Å². The SMILES string of the molecule is COCCN(Cc1ccc(OC)c(OS(=O)(=O)c2ccc(F)cc2)c1)C(=O)Nc1ccccc1C(F)(F)F. The molecule has 0 spiro atoms. The summed E-state index contributed by atoms with van der Waals surface area (Å²) in [4.78, 5) is 13.9. The Morgan fingerprint density at radius 3 is 2.29 bits per heavy atom. The molecule has 0 saturated heterocycles. The van der Waals surface area contributed by atoms with Gasteiger partial charge in [-0.3, -0.25) is 0 Å². The second-order valence-corrected chi connectivity index (χ2v) is 9.41. The molecule has 3 rings (SSSR count). The zero-order valence-electron chi connectivity index (χ0n) is 20.3. The molecule has 0 atom stereocenters. The predicted octanol–water partition coefficient (Wildman–Crippen LogP) is 5.30. The van der Waals surface area contributed by atoms with Crippen molar-refractivity contribution in [3.05, 3.63) is 83.7 Å². The Labute approximate surface area is 216 Å². The number of nitrogens with zero attached hydrogens (tertiary/aromatic N) is 1. The summed E-state index contributed by atoms with van der Waals surface area (Å²) in [5, 5.41) is 2.28. The third-order valence-electron chi connectivity index (χ3n) is 5.23. The lowest BCUT2D eigenvalue weighted by Gasteiger charge is -2.24. The van der Waals surface area contributed by atoms with Gasteiger partial charge in [0, 0.05) is 20.2 Å². The molecule has 0 aliphatic rings. The lowest BCUT2D eigenvalue weighted by atomic mass is 10.1. The number of methoxy groups -OCH3 is 2. The van der Waals surface area contributed by atoms with Gasteiger partial charge in [-0.05, 0) is 54.1 Å². The number of ether oxygens (including phenoxy) is 2. The number of hydrogen-bond donors (Lipinski definition) is 1. The number of halogens is 4. The molecule has 0 aliphatic heterocycles. The Morgan fingerprint density at radius 2 is 1.66 bits per heavy atom. The molecular formula is C25H24F4N2O6S. The van der Waals surface area contributed by atoms with E-state index in [-0.39, 0.29) is 36.1 Å². The molecule has 3 aromatic rings. The van der Waals surface area contributed by atoms with Gasteiger partial charge in [-0.15, -0.1) is 0 Å². The number of benzene rings is 3. The molecule has 0 unspecified atom stereocenters. The van der Waals surface area contributed by atoms with Gasteiger partial charge in [-0.25, -0.2) is 9.18 Å². The number of rotatable bonds is 10. The van der Waals surface area contributed by atoms with E-state index in [2.05, 4.69) is 5.32 Å². The van der Waals surface area contributed by atoms with Gasteiger partial charge in [-0.1, -0.05) is 18.2 Å². The molecule has 0 radical (unpaired) electrons. The summed E-state index contributed by atoms with van der Waals surface area (Å²) in [6.07, 6.45) is -4.68. The van der Waals surface area contributed by atoms with E-state index in [0.717, 1.165) is 36.4 Å². The number of amides is 2. The van der Waals surface area contributed by atoms with Crippen LogP contribution in [0.15, 0.2) is 71.6 Å². The average Bonchev–Trinajstić information content (AvgIpc) is 2.86. The van der Waals surface area contributed by atoms with E-state index in [0.29, 0.717) is 5.56 Å². The largest absolute Gasteiger partial charge is 0.493 e. The number of carbonyl (C=O) groups is 1. The fraction of sp³-hybridized carbons (Fsp3) is 0.240. The van der Waals surface area contributed by atoms with Crippen molar-refractivity contribution in [1.82, 2.24) is 4.90 Å². The van der Waals surface area contributed by atoms with Crippen LogP contribution in [0.3, 0.4) is 0 Å². The highest BCUT2D eigenvalue weighted by Crippen LogP contribution is 2.35. The van der Waals surface area contributed by atoms with Crippen molar-refractivity contribution >= 4 is 21.8 Å². The van der Waals surface area contributed by atoms with Crippen LogP contribution in [0.25, 0.3) is 0 Å². The molecular weight excluding hydrogens is 532 g/mol. The molecule has 0 fully saturated rings. The maximum absolute atomic E-state index is 13.4. The smallest absolute Gasteiger partial charge is 0.418 e. The molecule has 0 saturated carbocycles. The zero-order chi connectivity index (χ0) is 27.9. The predicted molar refractivity (Wildman–Crippen MR) is 130 cm³/mol. The van der Waals surface area contributed by atoms with Gasteiger partial charge in [0.05, 0.1) is 25.0 Å². The summed E-state index contributed by atoms with van der Waals surface area (Å²) in [6.45, 7) is -0.0558. The number of para-hydroxylation sites is 1. The highest BCUT2D eigenvalue weighted by molar-refractivity contribution is 7.87. The van der Waals surface area contributed by atoms with Crippen molar-refractivity contribution in [1.29, 1.82) is 0 Å². The van der Waals surface area contributed by atoms with Crippen LogP contribution in [0.4, 0.5) is 28.0 Å². The quantitative estimate of drug-likeness (QED) is 0.269. The van der Waals surface area contributed by atoms with E-state index >= 15 is 0 Å². The van der Waals surface area contributed by atoms with Gasteiger partial charge in [0.15, 0.2) is 11.5 Å². The third-order valence-corrected chi connectivity index (χ3v) is 6.48. The number of alkyl halides is 3. The summed E-state index contributed by atoms with van der Waals surface area (Å²) in [5.41, 5.74) is -1.05. The molecule has 2 amide bonds. The van der Waals surface area contributed by atoms with E-state index in [1.165, 1.54) is 49.5 Å². The lowest BCUT2D eigenvalue weighted by Crippen LogP contribution is -2.37. The van der Waals surface area contributed by atoms with Gasteiger partial charge < -0.3 is 23.9 Å². The first-order chi connectivity index (χ1) is 17.9. The number of hydrogen-bond acceptors (Lipinski definition) is 6. The van der Waals surface area contributed by atoms with Crippen molar-refractivity contribution in [3.8, 4) is 11.5 Å². The molecule has 3 aromatic carbocycles. The van der Waals surface area contributed by atoms with E-state index in [9.17, 15) is 30.8 Å². The first kappa shape index (κ1) is 28.7. The van der Waals surface area contributed by atoms with E-state index in [1.807, 2.05) is 0 Å². The molecule has 0 heterocycles. The van der Waals surface area contributed by atoms with Crippen molar-refractivity contribution < 1.29 is 44.4 Å². The molecule has 1 N–H and O–H groups in total. The summed E-state index contributed by atoms with van der Waals surface area (Å²) in [6, 6.07) is 12.0. The van der Waals surface area contributed by atoms with Gasteiger partial charge in [0.1, 0.15) is 10.7 Å². The highest BCUT2D eigenvalue weighted by Gasteiger charge is 2.34. The molecule has 13 heteroatoms. The van der Waals surface area contributed by atoms with Gasteiger partial charge in [0.2, 0.25) is 0 Å². The van der Waals surface area contributed by atoms with Crippen LogP contribution in [-0.2, 0) is 27.6 Å². The van der Waals surface area contributed by atoms with Gasteiger partial charge >= 0.3 is 22.3 Å². The number of urea groups is 1. The maximum Gasteiger partial charge on any atom is 0.418 e. The number of nitrogens with one attached hydrogen (secondary N) is 1. The maximum atomic E-state index is 13.4. The number of anilines is 1. The van der Waals surface area contributed by atoms with Crippen molar-refractivity contribution in [2.75, 3.05) is 32.7 Å². The van der Waals surface area contributed by atoms with Crippen LogP contribution < -0.4 is 14.2 Å². The molecule has 8 nitrogen and oxygen atoms in total. The summed E-state index contributed by atoms with van der Waals surface area (Å²) < 4.78 is 94.1. The van der Waals surface area contributed by atoms with Crippen LogP contribution in [0.1, 0.15) is 11.1 Å². The minimum Gasteiger partial charge on any atom is -0.493 e. The molecule has 0 bridgehead atoms. The normalized spacial score (nSPS) is 11.6. The summed E-state index contributed by atoms with van der Waals surface area (Å²) >= 11 is 0. The van der Waals surface area contributed by atoms with Crippen LogP contribution in [0.2, 0.25) is 0 Å². The Morgan fingerprint density at radius 1 is 0.974 bits per heavy atom. The van der Waals surface area contributed by atoms with Crippen LogP contribution >= 0.6 is 0 Å². The number of carbonyl (C=O) groups excluding carboxylic acids is 1. The van der Waals surface area contributed by atoms with E-state index in [4.69, 9.17) is 13.7 Å². The standard InChI is InChI=1S/C25H24F4N2O6S/c1-35-14-13-31(24(32)30-21-6-4-3-5-20(21)25(27,28)29)16-17-7-12-22(36-2)23(15-17)37-38(33,34)19-10-8-18(26)9-11-19/h3-12,15H,13-14,16H2,1-2H3,(H,30,32). The van der Waals surface area contributed by atoms with E-state index in [1.54, 1.807) is 0 Å². The Bertz CT molecular complexity index is 1370. The van der Waals surface area contributed by atoms with Crippen LogP contribution in [-0.4, -0.2) is 46.7 Å². The van der Waals surface area contributed by atoms with Gasteiger partial charge in [0.25, 0.3) is 0 Å². The zero-order valence-corrected chi connectivity index (χ0v) is 21.1. The topological polar surface area (TPSA) is 94.2 Å². The molecule has 0 aliphatic carbocycles. The van der Waals surface area contributed by atoms with Crippen molar-refractivity contribution in [3.63, 3.8) is 0 Å². The Hall–Kier alpha value is -3.84. The van der Waals surface area contributed by atoms with Gasteiger partial charge in [-0.2, -0.15) is 21.6 Å². The Balaban J connectivity index is 1.87. The van der Waals surface area contributed by atoms with Crippen LogP contribution in [0, 0.1) is 5.82 Å². The minimum atomic E-state index is -4.68. The highest BCUT2D eigenvalue weighted by atomic mass is 32.2. The summed E-state index contributed by atoms with van der Waals surface area (Å²) in [7, 11) is -1.67. The molecule has 0 aromatic heterocycles. The minimum absolute atomic E-state index is 0.00656. The van der Waals surface area contributed by atoms with Crippen LogP contribution in [0.5, 0.6) is 11.5 Å². The summed E-state index contributed by atoms with van der Waals surface area (Å²) in [5.74, 6) is -0.772. The molecule has 204 valence electrons. The fourth-order valence-electron chi connectivity index (χ4n) is 3.36. The average molecular weight is 557 g/mol. The van der Waals surface area contributed by atoms with E-state index < -0.39 is 39.4 Å². The second kappa shape index (κ2) is 12.1. The monoisotopic (exact) mass is 556 g/mol.